The molecule has 9 heteroatoms. The van der Waals surface area contributed by atoms with Crippen LogP contribution in [0.3, 0.4) is 0 Å². The summed E-state index contributed by atoms with van der Waals surface area (Å²) >= 11 is 0. The number of rotatable bonds is 6. The highest BCUT2D eigenvalue weighted by molar-refractivity contribution is 7.92. The highest BCUT2D eigenvalue weighted by atomic mass is 32.2. The van der Waals surface area contributed by atoms with Crippen molar-refractivity contribution >= 4 is 27.3 Å². The molecular weight excluding hydrogens is 405 g/mol. The smallest absolute Gasteiger partial charge is 0.264 e. The minimum Gasteiger partial charge on any atom is -0.320 e. The van der Waals surface area contributed by atoms with Gasteiger partial charge in [0.2, 0.25) is 5.91 Å². The van der Waals surface area contributed by atoms with Crippen LogP contribution in [0.5, 0.6) is 0 Å². The Morgan fingerprint density at radius 1 is 0.828 bits per heavy atom. The number of anilines is 2. The summed E-state index contributed by atoms with van der Waals surface area (Å²) in [6, 6.07) is 14.8. The molecule has 0 aromatic heterocycles. The number of benzene rings is 3. The monoisotopic (exact) mass is 420 g/mol. The third-order valence-corrected chi connectivity index (χ3v) is 5.75. The van der Waals surface area contributed by atoms with E-state index in [1.165, 1.54) is 36.4 Å². The lowest BCUT2D eigenvalue weighted by molar-refractivity contribution is -0.114. The van der Waals surface area contributed by atoms with E-state index in [0.717, 1.165) is 34.6 Å². The van der Waals surface area contributed by atoms with Crippen LogP contribution >= 0.6 is 0 Å². The van der Waals surface area contributed by atoms with Gasteiger partial charge in [0.05, 0.1) is 10.6 Å². The predicted molar refractivity (Wildman–Crippen MR) is 102 cm³/mol. The molecular formula is C20H15F3N2O3S. The third-order valence-electron chi connectivity index (χ3n) is 3.96. The molecule has 0 radical (unpaired) electrons. The van der Waals surface area contributed by atoms with Gasteiger partial charge in [0.1, 0.15) is 29.7 Å². The van der Waals surface area contributed by atoms with Crippen molar-refractivity contribution in [1.82, 2.24) is 0 Å². The van der Waals surface area contributed by atoms with Gasteiger partial charge in [-0.3, -0.25) is 9.10 Å². The van der Waals surface area contributed by atoms with E-state index in [9.17, 15) is 26.4 Å². The molecule has 0 heterocycles. The zero-order chi connectivity index (χ0) is 21.0. The maximum absolute atomic E-state index is 13.8. The topological polar surface area (TPSA) is 66.5 Å². The Morgan fingerprint density at radius 3 is 2.00 bits per heavy atom. The van der Waals surface area contributed by atoms with Gasteiger partial charge in [-0.15, -0.1) is 0 Å². The maximum atomic E-state index is 13.8. The number of nitrogens with one attached hydrogen (secondary N) is 1. The molecule has 0 aliphatic carbocycles. The number of para-hydroxylation sites is 1. The average molecular weight is 420 g/mol. The normalized spacial score (nSPS) is 11.1. The Bertz CT molecular complexity index is 1100. The Kier molecular flexibility index (Phi) is 5.88. The second-order valence-electron chi connectivity index (χ2n) is 5.95. The number of nitrogens with zero attached hydrogens (tertiary/aromatic N) is 1. The van der Waals surface area contributed by atoms with Gasteiger partial charge < -0.3 is 5.32 Å². The second kappa shape index (κ2) is 8.36. The lowest BCUT2D eigenvalue weighted by Gasteiger charge is -2.24. The van der Waals surface area contributed by atoms with Gasteiger partial charge in [-0.1, -0.05) is 24.3 Å². The summed E-state index contributed by atoms with van der Waals surface area (Å²) < 4.78 is 67.7. The van der Waals surface area contributed by atoms with Crippen molar-refractivity contribution in [3.8, 4) is 0 Å². The third kappa shape index (κ3) is 4.57. The molecule has 3 aromatic carbocycles. The largest absolute Gasteiger partial charge is 0.320 e. The molecule has 0 saturated carbocycles. The molecule has 0 spiro atoms. The zero-order valence-corrected chi connectivity index (χ0v) is 15.7. The van der Waals surface area contributed by atoms with Gasteiger partial charge in [0.15, 0.2) is 0 Å². The summed E-state index contributed by atoms with van der Waals surface area (Å²) in [4.78, 5) is 12.3. The molecule has 0 bridgehead atoms. The van der Waals surface area contributed by atoms with Crippen molar-refractivity contribution in [2.75, 3.05) is 16.2 Å². The lowest BCUT2D eigenvalue weighted by Crippen LogP contribution is -2.38. The van der Waals surface area contributed by atoms with Gasteiger partial charge in [-0.25, -0.2) is 21.6 Å². The number of hydrogen-bond donors (Lipinski definition) is 1. The Morgan fingerprint density at radius 2 is 1.41 bits per heavy atom. The van der Waals surface area contributed by atoms with Crippen molar-refractivity contribution in [1.29, 1.82) is 0 Å². The van der Waals surface area contributed by atoms with Crippen LogP contribution in [0.2, 0.25) is 0 Å². The summed E-state index contributed by atoms with van der Waals surface area (Å²) in [5.41, 5.74) is -0.673. The second-order valence-corrected chi connectivity index (χ2v) is 7.81. The standard InChI is InChI=1S/C20H15F3N2O3S/c21-14-9-11-15(12-10-14)25(29(27,28)16-5-2-1-3-6-16)13-19(26)24-20-17(22)7-4-8-18(20)23/h1-12H,13H2,(H,24,26). The van der Waals surface area contributed by atoms with E-state index < -0.39 is 45.6 Å². The first-order valence-corrected chi connectivity index (χ1v) is 9.80. The van der Waals surface area contributed by atoms with E-state index in [1.807, 2.05) is 5.32 Å². The molecule has 1 amide bonds. The van der Waals surface area contributed by atoms with E-state index >= 15 is 0 Å². The molecule has 150 valence electrons. The van der Waals surface area contributed by atoms with Crippen molar-refractivity contribution in [2.45, 2.75) is 4.90 Å². The van der Waals surface area contributed by atoms with Crippen LogP contribution < -0.4 is 9.62 Å². The van der Waals surface area contributed by atoms with Gasteiger partial charge in [0, 0.05) is 0 Å². The minimum atomic E-state index is -4.21. The van der Waals surface area contributed by atoms with Crippen LogP contribution in [0.15, 0.2) is 77.7 Å². The summed E-state index contributed by atoms with van der Waals surface area (Å²) in [6.07, 6.45) is 0. The van der Waals surface area contributed by atoms with Gasteiger partial charge >= 0.3 is 0 Å². The minimum absolute atomic E-state index is 0.0133. The Hall–Kier alpha value is -3.33. The molecule has 1 N–H and O–H groups in total. The molecule has 0 aliphatic heterocycles. The van der Waals surface area contributed by atoms with Crippen LogP contribution in [0.25, 0.3) is 0 Å². The first-order valence-electron chi connectivity index (χ1n) is 8.36. The molecule has 29 heavy (non-hydrogen) atoms. The number of carbonyl (C=O) groups is 1. The van der Waals surface area contributed by atoms with Crippen molar-refractivity contribution in [2.24, 2.45) is 0 Å². The number of amides is 1. The van der Waals surface area contributed by atoms with E-state index in [1.54, 1.807) is 6.07 Å². The first-order chi connectivity index (χ1) is 13.8. The van der Waals surface area contributed by atoms with Crippen LogP contribution in [-0.2, 0) is 14.8 Å². The highest BCUT2D eigenvalue weighted by Gasteiger charge is 2.27. The Balaban J connectivity index is 1.96. The predicted octanol–water partition coefficient (Wildman–Crippen LogP) is 3.94. The number of hydrogen-bond acceptors (Lipinski definition) is 3. The van der Waals surface area contributed by atoms with E-state index in [0.29, 0.717) is 0 Å². The van der Waals surface area contributed by atoms with Crippen LogP contribution in [-0.4, -0.2) is 20.9 Å². The quantitative estimate of drug-likeness (QED) is 0.657. The van der Waals surface area contributed by atoms with Crippen molar-refractivity contribution in [3.63, 3.8) is 0 Å². The van der Waals surface area contributed by atoms with E-state index in [4.69, 9.17) is 0 Å². The number of carbonyl (C=O) groups excluding carboxylic acids is 1. The summed E-state index contributed by atoms with van der Waals surface area (Å²) in [5, 5.41) is 2.04. The molecule has 3 rings (SSSR count). The fourth-order valence-corrected chi connectivity index (χ4v) is 4.01. The van der Waals surface area contributed by atoms with Crippen molar-refractivity contribution in [3.05, 3.63) is 90.2 Å². The average Bonchev–Trinajstić information content (AvgIpc) is 2.70. The van der Waals surface area contributed by atoms with E-state index in [-0.39, 0.29) is 10.6 Å². The van der Waals surface area contributed by atoms with Crippen LogP contribution in [0.4, 0.5) is 24.5 Å². The molecule has 0 aliphatic rings. The molecule has 0 atom stereocenters. The summed E-state index contributed by atoms with van der Waals surface area (Å²) in [7, 11) is -4.21. The van der Waals surface area contributed by atoms with Gasteiger partial charge in [-0.2, -0.15) is 0 Å². The first kappa shape index (κ1) is 20.4. The van der Waals surface area contributed by atoms with Crippen LogP contribution in [0.1, 0.15) is 0 Å². The molecule has 0 unspecified atom stereocenters. The van der Waals surface area contributed by atoms with E-state index in [2.05, 4.69) is 0 Å². The fourth-order valence-electron chi connectivity index (χ4n) is 2.57. The fraction of sp³-hybridized carbons (Fsp3) is 0.0500. The summed E-state index contributed by atoms with van der Waals surface area (Å²) in [6.45, 7) is -0.781. The number of halogens is 3. The zero-order valence-electron chi connectivity index (χ0n) is 14.8. The summed E-state index contributed by atoms with van der Waals surface area (Å²) in [5.74, 6) is -3.57. The highest BCUT2D eigenvalue weighted by Crippen LogP contribution is 2.24. The SMILES string of the molecule is O=C(CN(c1ccc(F)cc1)S(=O)(=O)c1ccccc1)Nc1c(F)cccc1F. The molecule has 0 fully saturated rings. The molecule has 5 nitrogen and oxygen atoms in total. The van der Waals surface area contributed by atoms with Gasteiger partial charge in [-0.05, 0) is 48.5 Å². The lowest BCUT2D eigenvalue weighted by atomic mass is 10.3. The van der Waals surface area contributed by atoms with Crippen molar-refractivity contribution < 1.29 is 26.4 Å². The Labute approximate surface area is 165 Å². The maximum Gasteiger partial charge on any atom is 0.264 e. The molecule has 3 aromatic rings. The van der Waals surface area contributed by atoms with Crippen LogP contribution in [0, 0.1) is 17.5 Å². The van der Waals surface area contributed by atoms with Gasteiger partial charge in [0.25, 0.3) is 10.0 Å². The number of sulfonamides is 1. The molecule has 0 saturated heterocycles.